The minimum absolute atomic E-state index is 0. The Morgan fingerprint density at radius 3 is 1.32 bits per heavy atom. The Morgan fingerprint density at radius 1 is 0.613 bits per heavy atom. The van der Waals surface area contributed by atoms with Crippen molar-refractivity contribution in [2.45, 2.75) is 19.4 Å². The smallest absolute Gasteiger partial charge is 1.00 e. The van der Waals surface area contributed by atoms with Gasteiger partial charge in [0.2, 0.25) is 0 Å². The van der Waals surface area contributed by atoms with Gasteiger partial charge in [-0.1, -0.05) is 0 Å². The first-order valence-corrected chi connectivity index (χ1v) is 12.7. The molecule has 0 N–H and O–H groups in total. The first kappa shape index (κ1) is 22.1. The van der Waals surface area contributed by atoms with Gasteiger partial charge in [-0.3, -0.25) is 0 Å². The van der Waals surface area contributed by atoms with Crippen LogP contribution in [-0.4, -0.2) is 0 Å². The van der Waals surface area contributed by atoms with E-state index >= 15 is 0 Å². The Balaban J connectivity index is 0.00000231. The molecule has 1 fully saturated rings. The molecule has 0 amide bonds. The predicted molar refractivity (Wildman–Crippen MR) is 129 cm³/mol. The summed E-state index contributed by atoms with van der Waals surface area (Å²) in [5.74, 6) is 0. The minimum Gasteiger partial charge on any atom is 1.00 e. The van der Waals surface area contributed by atoms with E-state index < -0.39 is 6.83 Å². The summed E-state index contributed by atoms with van der Waals surface area (Å²) in [4.78, 5) is 0. The molecule has 1 saturated heterocycles. The van der Waals surface area contributed by atoms with E-state index in [1.165, 1.54) is 27.1 Å². The summed E-state index contributed by atoms with van der Waals surface area (Å²) in [6.45, 7) is -0.916. The van der Waals surface area contributed by atoms with E-state index in [1.54, 1.807) is 0 Å². The Hall–Kier alpha value is -2.13. The van der Waals surface area contributed by atoms with Crippen molar-refractivity contribution in [2.24, 2.45) is 0 Å². The SMILES string of the molecule is CC[C-]1[C@@H](c2ccccc2)OP1(c1ccccc1)(c1ccccc1)c1ccccc1.[Li+]. The average molecular weight is 416 g/mol. The average Bonchev–Trinajstić information content (AvgIpc) is 2.82. The van der Waals surface area contributed by atoms with Crippen LogP contribution < -0.4 is 34.8 Å². The maximum Gasteiger partial charge on any atom is 1.00 e. The third-order valence-corrected chi connectivity index (χ3v) is 12.5. The molecule has 1 aliphatic heterocycles. The van der Waals surface area contributed by atoms with Crippen LogP contribution in [0.2, 0.25) is 0 Å². The molecule has 1 nitrogen and oxygen atoms in total. The Bertz CT molecular complexity index is 1020. The van der Waals surface area contributed by atoms with E-state index in [-0.39, 0.29) is 25.0 Å². The molecule has 0 aromatic heterocycles. The quantitative estimate of drug-likeness (QED) is 0.276. The van der Waals surface area contributed by atoms with Gasteiger partial charge in [0, 0.05) is 0 Å². The van der Waals surface area contributed by atoms with Crippen molar-refractivity contribution in [3.63, 3.8) is 0 Å². The molecule has 0 radical (unpaired) electrons. The van der Waals surface area contributed by atoms with Gasteiger partial charge in [-0.25, -0.2) is 0 Å². The normalized spacial score (nSPS) is 20.4. The third-order valence-electron chi connectivity index (χ3n) is 6.38. The van der Waals surface area contributed by atoms with Gasteiger partial charge in [0.25, 0.3) is 0 Å². The molecular formula is C28H26LiOP. The Labute approximate surface area is 197 Å². The van der Waals surface area contributed by atoms with Crippen LogP contribution in [0.3, 0.4) is 0 Å². The molecule has 0 bridgehead atoms. The molecule has 1 heterocycles. The van der Waals surface area contributed by atoms with Crippen LogP contribution in [0.4, 0.5) is 0 Å². The Morgan fingerprint density at radius 2 is 0.968 bits per heavy atom. The fourth-order valence-electron chi connectivity index (χ4n) is 5.15. The number of hydrogen-bond donors (Lipinski definition) is 0. The molecule has 4 aromatic carbocycles. The fourth-order valence-corrected chi connectivity index (χ4v) is 11.5. The molecule has 31 heavy (non-hydrogen) atoms. The largest absolute Gasteiger partial charge is 1.00 e. The Kier molecular flexibility index (Phi) is 6.25. The van der Waals surface area contributed by atoms with Crippen LogP contribution in [0.15, 0.2) is 121 Å². The van der Waals surface area contributed by atoms with Crippen molar-refractivity contribution < 1.29 is 23.4 Å². The fraction of sp³-hybridized carbons (Fsp3) is 0.107. The van der Waals surface area contributed by atoms with Gasteiger partial charge in [0.05, 0.1) is 0 Å². The van der Waals surface area contributed by atoms with Crippen LogP contribution >= 0.6 is 6.83 Å². The van der Waals surface area contributed by atoms with Crippen molar-refractivity contribution in [1.29, 1.82) is 0 Å². The molecular weight excluding hydrogens is 390 g/mol. The van der Waals surface area contributed by atoms with Gasteiger partial charge in [-0.15, -0.1) is 0 Å². The summed E-state index contributed by atoms with van der Waals surface area (Å²) in [5.41, 5.74) is 2.73. The monoisotopic (exact) mass is 416 g/mol. The van der Waals surface area contributed by atoms with Crippen LogP contribution in [-0.2, 0) is 4.52 Å². The maximum atomic E-state index is 7.36. The molecule has 0 aliphatic carbocycles. The van der Waals surface area contributed by atoms with Crippen molar-refractivity contribution >= 4 is 22.7 Å². The van der Waals surface area contributed by atoms with Gasteiger partial charge in [0.1, 0.15) is 0 Å². The number of benzene rings is 4. The first-order chi connectivity index (χ1) is 14.8. The summed E-state index contributed by atoms with van der Waals surface area (Å²) in [5, 5.41) is 3.85. The van der Waals surface area contributed by atoms with E-state index in [1.807, 2.05) is 0 Å². The summed E-state index contributed by atoms with van der Waals surface area (Å²) in [7, 11) is 0. The van der Waals surface area contributed by atoms with Crippen molar-refractivity contribution in [3.05, 3.63) is 133 Å². The summed E-state index contributed by atoms with van der Waals surface area (Å²) in [6, 6.07) is 43.3. The van der Waals surface area contributed by atoms with E-state index in [9.17, 15) is 0 Å². The van der Waals surface area contributed by atoms with Gasteiger partial charge >= 0.3 is 198 Å². The second kappa shape index (κ2) is 8.78. The molecule has 1 aliphatic rings. The molecule has 4 aromatic rings. The minimum atomic E-state index is -3.20. The van der Waals surface area contributed by atoms with Crippen molar-refractivity contribution in [1.82, 2.24) is 0 Å². The van der Waals surface area contributed by atoms with Gasteiger partial charge in [-0.05, 0) is 0 Å². The van der Waals surface area contributed by atoms with E-state index in [4.69, 9.17) is 4.52 Å². The van der Waals surface area contributed by atoms with Crippen LogP contribution in [0.25, 0.3) is 0 Å². The summed E-state index contributed by atoms with van der Waals surface area (Å²) in [6.07, 6.45) is 0.977. The zero-order chi connectivity index (χ0) is 20.5. The predicted octanol–water partition coefficient (Wildman–Crippen LogP) is 3.15. The molecule has 150 valence electrons. The van der Waals surface area contributed by atoms with E-state index in [0.717, 1.165) is 6.42 Å². The van der Waals surface area contributed by atoms with Gasteiger partial charge < -0.3 is 0 Å². The molecule has 0 spiro atoms. The molecule has 5 rings (SSSR count). The standard InChI is InChI=1S/C28H26OP.Li/c1-2-27-28(23-15-7-3-8-16-23)29-30(27,24-17-9-4-10-18-24,25-19-11-5-12-20-25)26-21-13-6-14-22-26;/h3-22,28H,2H2,1H3;/q-1;+1/t28-;/m1./s1. The van der Waals surface area contributed by atoms with Gasteiger partial charge in [0.15, 0.2) is 0 Å². The molecule has 3 heteroatoms. The zero-order valence-electron chi connectivity index (χ0n) is 18.2. The van der Waals surface area contributed by atoms with Crippen LogP contribution in [0.5, 0.6) is 0 Å². The van der Waals surface area contributed by atoms with Crippen LogP contribution in [0.1, 0.15) is 25.0 Å². The van der Waals surface area contributed by atoms with E-state index in [0.29, 0.717) is 0 Å². The van der Waals surface area contributed by atoms with Crippen molar-refractivity contribution in [2.75, 3.05) is 0 Å². The van der Waals surface area contributed by atoms with Gasteiger partial charge in [-0.2, -0.15) is 0 Å². The number of hydrogen-bond acceptors (Lipinski definition) is 1. The summed E-state index contributed by atoms with van der Waals surface area (Å²) < 4.78 is 7.36. The second-order valence-electron chi connectivity index (χ2n) is 7.78. The van der Waals surface area contributed by atoms with Crippen LogP contribution in [0, 0.1) is 5.66 Å². The summed E-state index contributed by atoms with van der Waals surface area (Å²) >= 11 is 0. The topological polar surface area (TPSA) is 9.23 Å². The molecule has 0 unspecified atom stereocenters. The maximum absolute atomic E-state index is 7.36. The zero-order valence-corrected chi connectivity index (χ0v) is 19.1. The molecule has 0 saturated carbocycles. The second-order valence-corrected chi connectivity index (χ2v) is 12.2. The van der Waals surface area contributed by atoms with E-state index in [2.05, 4.69) is 128 Å². The first-order valence-electron chi connectivity index (χ1n) is 10.6. The van der Waals surface area contributed by atoms with Crippen molar-refractivity contribution in [3.8, 4) is 0 Å². The number of rotatable bonds is 5. The molecule has 1 atom stereocenters. The third kappa shape index (κ3) is 3.08.